The molecular weight excluding hydrogens is 386 g/mol. The van der Waals surface area contributed by atoms with E-state index in [1.165, 1.54) is 17.5 Å². The number of thiophene rings is 1. The molecule has 0 atom stereocenters. The maximum atomic E-state index is 13.0. The summed E-state index contributed by atoms with van der Waals surface area (Å²) in [6.45, 7) is 0.596. The summed E-state index contributed by atoms with van der Waals surface area (Å²) in [6.07, 6.45) is 6.13. The van der Waals surface area contributed by atoms with Gasteiger partial charge in [0.25, 0.3) is 0 Å². The molecule has 0 saturated heterocycles. The number of rotatable bonds is 4. The molecule has 9 heteroatoms. The first kappa shape index (κ1) is 17.9. The van der Waals surface area contributed by atoms with Gasteiger partial charge >= 0.3 is 5.97 Å². The van der Waals surface area contributed by atoms with Gasteiger partial charge in [0.15, 0.2) is 0 Å². The van der Waals surface area contributed by atoms with Crippen molar-refractivity contribution in [2.75, 3.05) is 20.2 Å². The van der Waals surface area contributed by atoms with E-state index in [9.17, 15) is 13.2 Å². The van der Waals surface area contributed by atoms with Crippen LogP contribution >= 0.6 is 11.3 Å². The van der Waals surface area contributed by atoms with Gasteiger partial charge in [0.2, 0.25) is 10.0 Å². The van der Waals surface area contributed by atoms with Gasteiger partial charge < -0.3 is 9.72 Å². The van der Waals surface area contributed by atoms with Crippen LogP contribution in [0.25, 0.3) is 16.6 Å². The standard InChI is InChI=1S/C18H17N3O4S2/c1-25-18(22)16-15(6-10-26-16)27(23,24)21-8-4-12(5-9-21)14-11-20-17-13(14)3-2-7-19-17/h2-4,6-7,10-11H,5,8-9H2,1H3,(H,19,20). The predicted molar refractivity (Wildman–Crippen MR) is 103 cm³/mol. The molecule has 27 heavy (non-hydrogen) atoms. The van der Waals surface area contributed by atoms with Crippen LogP contribution in [-0.2, 0) is 14.8 Å². The van der Waals surface area contributed by atoms with Crippen LogP contribution in [0.4, 0.5) is 0 Å². The van der Waals surface area contributed by atoms with E-state index < -0.39 is 16.0 Å². The second-order valence-electron chi connectivity index (χ2n) is 6.05. The van der Waals surface area contributed by atoms with Crippen molar-refractivity contribution in [3.63, 3.8) is 0 Å². The molecule has 4 rings (SSSR count). The second kappa shape index (κ2) is 6.91. The Morgan fingerprint density at radius 2 is 2.22 bits per heavy atom. The number of hydrogen-bond donors (Lipinski definition) is 1. The van der Waals surface area contributed by atoms with Gasteiger partial charge in [-0.2, -0.15) is 4.31 Å². The minimum atomic E-state index is -3.76. The summed E-state index contributed by atoms with van der Waals surface area (Å²) in [5.41, 5.74) is 2.93. The first-order chi connectivity index (χ1) is 13.0. The maximum absolute atomic E-state index is 13.0. The van der Waals surface area contributed by atoms with Gasteiger partial charge in [-0.05, 0) is 35.6 Å². The van der Waals surface area contributed by atoms with Crippen LogP contribution in [0.5, 0.6) is 0 Å². The van der Waals surface area contributed by atoms with Gasteiger partial charge in [-0.1, -0.05) is 6.08 Å². The third kappa shape index (κ3) is 3.07. The Hall–Kier alpha value is -2.49. The number of fused-ring (bicyclic) bond motifs is 1. The predicted octanol–water partition coefficient (Wildman–Crippen LogP) is 2.89. The first-order valence-corrected chi connectivity index (χ1v) is 10.6. The van der Waals surface area contributed by atoms with Crippen molar-refractivity contribution in [1.82, 2.24) is 14.3 Å². The smallest absolute Gasteiger partial charge is 0.349 e. The average molecular weight is 403 g/mol. The van der Waals surface area contributed by atoms with Crippen LogP contribution in [0.15, 0.2) is 46.9 Å². The Labute approximate surface area is 160 Å². The van der Waals surface area contributed by atoms with Crippen molar-refractivity contribution in [1.29, 1.82) is 0 Å². The van der Waals surface area contributed by atoms with Crippen molar-refractivity contribution in [3.8, 4) is 0 Å². The molecule has 0 unspecified atom stereocenters. The highest BCUT2D eigenvalue weighted by Crippen LogP contribution is 2.32. The summed E-state index contributed by atoms with van der Waals surface area (Å²) in [6, 6.07) is 5.33. The molecule has 0 aliphatic carbocycles. The number of methoxy groups -OCH3 is 1. The topological polar surface area (TPSA) is 92.4 Å². The Morgan fingerprint density at radius 3 is 2.96 bits per heavy atom. The average Bonchev–Trinajstić information content (AvgIpc) is 3.35. The number of aromatic nitrogens is 2. The molecule has 0 amide bonds. The molecule has 4 heterocycles. The monoisotopic (exact) mass is 403 g/mol. The van der Waals surface area contributed by atoms with Gasteiger partial charge in [-0.15, -0.1) is 11.3 Å². The number of hydrogen-bond acceptors (Lipinski definition) is 6. The number of nitrogens with zero attached hydrogens (tertiary/aromatic N) is 2. The van der Waals surface area contributed by atoms with E-state index in [4.69, 9.17) is 4.74 Å². The van der Waals surface area contributed by atoms with Crippen LogP contribution in [0, 0.1) is 0 Å². The molecule has 1 aliphatic rings. The minimum Gasteiger partial charge on any atom is -0.465 e. The van der Waals surface area contributed by atoms with Crippen molar-refractivity contribution in [2.24, 2.45) is 0 Å². The van der Waals surface area contributed by atoms with Crippen LogP contribution in [0.3, 0.4) is 0 Å². The molecule has 0 radical (unpaired) electrons. The summed E-state index contributed by atoms with van der Waals surface area (Å²) >= 11 is 1.07. The molecule has 0 bridgehead atoms. The van der Waals surface area contributed by atoms with Gasteiger partial charge in [0.05, 0.1) is 7.11 Å². The van der Waals surface area contributed by atoms with Crippen molar-refractivity contribution < 1.29 is 17.9 Å². The largest absolute Gasteiger partial charge is 0.465 e. The quantitative estimate of drug-likeness (QED) is 0.676. The molecular formula is C18H17N3O4S2. The Balaban J connectivity index is 1.62. The van der Waals surface area contributed by atoms with Gasteiger partial charge in [-0.3, -0.25) is 0 Å². The van der Waals surface area contributed by atoms with Crippen molar-refractivity contribution in [3.05, 3.63) is 52.5 Å². The highest BCUT2D eigenvalue weighted by atomic mass is 32.2. The highest BCUT2D eigenvalue weighted by molar-refractivity contribution is 7.89. The lowest BCUT2D eigenvalue weighted by atomic mass is 10.0. The van der Waals surface area contributed by atoms with E-state index in [1.54, 1.807) is 11.6 Å². The summed E-state index contributed by atoms with van der Waals surface area (Å²) in [5, 5.41) is 2.61. The number of ether oxygens (including phenoxy) is 1. The lowest BCUT2D eigenvalue weighted by Crippen LogP contribution is -2.35. The SMILES string of the molecule is COC(=O)c1sccc1S(=O)(=O)N1CC=C(c2c[nH]c3ncccc23)CC1. The molecule has 0 saturated carbocycles. The number of H-pyrrole nitrogens is 1. The zero-order chi connectivity index (χ0) is 19.0. The Bertz CT molecular complexity index is 1140. The molecule has 1 N–H and O–H groups in total. The third-order valence-electron chi connectivity index (χ3n) is 4.59. The second-order valence-corrected chi connectivity index (χ2v) is 8.87. The van der Waals surface area contributed by atoms with Crippen molar-refractivity contribution >= 4 is 43.9 Å². The summed E-state index contributed by atoms with van der Waals surface area (Å²) in [5.74, 6) is -0.636. The fourth-order valence-electron chi connectivity index (χ4n) is 3.22. The number of nitrogens with one attached hydrogen (secondary N) is 1. The summed E-state index contributed by atoms with van der Waals surface area (Å²) in [7, 11) is -2.52. The van der Waals surface area contributed by atoms with E-state index in [0.717, 1.165) is 33.5 Å². The number of aromatic amines is 1. The van der Waals surface area contributed by atoms with E-state index in [2.05, 4.69) is 9.97 Å². The lowest BCUT2D eigenvalue weighted by molar-refractivity contribution is 0.0602. The number of carbonyl (C=O) groups excluding carboxylic acids is 1. The number of carbonyl (C=O) groups is 1. The number of sulfonamides is 1. The Kier molecular flexibility index (Phi) is 4.58. The van der Waals surface area contributed by atoms with Gasteiger partial charge in [0.1, 0.15) is 15.4 Å². The fourth-order valence-corrected chi connectivity index (χ4v) is 5.90. The molecule has 3 aromatic heterocycles. The highest BCUT2D eigenvalue weighted by Gasteiger charge is 2.31. The molecule has 140 valence electrons. The van der Waals surface area contributed by atoms with Crippen LogP contribution in [0.1, 0.15) is 21.7 Å². The van der Waals surface area contributed by atoms with Gasteiger partial charge in [-0.25, -0.2) is 18.2 Å². The summed E-state index contributed by atoms with van der Waals surface area (Å²) < 4.78 is 32.0. The minimum absolute atomic E-state index is 0.00694. The summed E-state index contributed by atoms with van der Waals surface area (Å²) in [4.78, 5) is 19.4. The molecule has 7 nitrogen and oxygen atoms in total. The van der Waals surface area contributed by atoms with E-state index in [0.29, 0.717) is 13.0 Å². The lowest BCUT2D eigenvalue weighted by Gasteiger charge is -2.25. The van der Waals surface area contributed by atoms with Crippen LogP contribution in [-0.4, -0.2) is 48.9 Å². The van der Waals surface area contributed by atoms with Crippen LogP contribution in [0.2, 0.25) is 0 Å². The number of pyridine rings is 1. The molecule has 0 spiro atoms. The third-order valence-corrected chi connectivity index (χ3v) is 7.52. The van der Waals surface area contributed by atoms with E-state index in [1.807, 2.05) is 24.4 Å². The molecule has 0 fully saturated rings. The zero-order valence-corrected chi connectivity index (χ0v) is 16.1. The molecule has 0 aromatic carbocycles. The van der Waals surface area contributed by atoms with E-state index >= 15 is 0 Å². The number of esters is 1. The van der Waals surface area contributed by atoms with Gasteiger partial charge in [0, 0.05) is 36.4 Å². The van der Waals surface area contributed by atoms with Crippen LogP contribution < -0.4 is 0 Å². The Morgan fingerprint density at radius 1 is 1.37 bits per heavy atom. The fraction of sp³-hybridized carbons (Fsp3) is 0.222. The normalized spacial score (nSPS) is 15.7. The molecule has 1 aliphatic heterocycles. The zero-order valence-electron chi connectivity index (χ0n) is 14.5. The first-order valence-electron chi connectivity index (χ1n) is 8.30. The van der Waals surface area contributed by atoms with E-state index in [-0.39, 0.29) is 16.3 Å². The molecule has 3 aromatic rings. The van der Waals surface area contributed by atoms with Crippen molar-refractivity contribution in [2.45, 2.75) is 11.3 Å². The maximum Gasteiger partial charge on any atom is 0.349 e.